The standard InChI is InChI=1S/C34H35BrIN3O4S/c1-3-25(2)37-34(41)32(22-26-11-6-4-7-12-26)38(23-27-13-10-14-28(35)21-27)33(40)24-39(30-19-17-29(36)18-20-30)44(42,43)31-15-8-5-9-16-31/h4-21,25,32H,3,22-24H2,1-2H3,(H,37,41)/t25-,32-/m0/s1. The fourth-order valence-corrected chi connectivity index (χ4v) is 6.92. The second-order valence-corrected chi connectivity index (χ2v) is 14.5. The van der Waals surface area contributed by atoms with E-state index in [4.69, 9.17) is 0 Å². The Bertz CT molecular complexity index is 1660. The molecule has 0 fully saturated rings. The molecule has 0 aromatic heterocycles. The maximum absolute atomic E-state index is 14.5. The average Bonchev–Trinajstić information content (AvgIpc) is 3.02. The summed E-state index contributed by atoms with van der Waals surface area (Å²) < 4.78 is 30.9. The number of sulfonamides is 1. The number of nitrogens with one attached hydrogen (secondary N) is 1. The van der Waals surface area contributed by atoms with Gasteiger partial charge in [-0.25, -0.2) is 8.42 Å². The molecule has 0 aliphatic heterocycles. The van der Waals surface area contributed by atoms with Crippen LogP contribution in [-0.4, -0.2) is 43.8 Å². The van der Waals surface area contributed by atoms with Crippen LogP contribution in [0.1, 0.15) is 31.4 Å². The fraction of sp³-hybridized carbons (Fsp3) is 0.235. The van der Waals surface area contributed by atoms with Gasteiger partial charge in [0.15, 0.2) is 0 Å². The fourth-order valence-electron chi connectivity index (χ4n) is 4.68. The molecule has 0 aliphatic rings. The van der Waals surface area contributed by atoms with Crippen molar-refractivity contribution in [3.8, 4) is 0 Å². The summed E-state index contributed by atoms with van der Waals surface area (Å²) in [6.07, 6.45) is 0.983. The van der Waals surface area contributed by atoms with E-state index in [1.54, 1.807) is 42.5 Å². The quantitative estimate of drug-likeness (QED) is 0.151. The lowest BCUT2D eigenvalue weighted by atomic mass is 10.0. The third-order valence-corrected chi connectivity index (χ3v) is 10.2. The van der Waals surface area contributed by atoms with Gasteiger partial charge in [0.1, 0.15) is 12.6 Å². The third-order valence-electron chi connectivity index (χ3n) is 7.24. The minimum absolute atomic E-state index is 0.0697. The van der Waals surface area contributed by atoms with E-state index in [-0.39, 0.29) is 29.8 Å². The zero-order chi connectivity index (χ0) is 31.7. The Kier molecular flexibility index (Phi) is 12.0. The first-order valence-corrected chi connectivity index (χ1v) is 17.6. The van der Waals surface area contributed by atoms with Crippen molar-refractivity contribution >= 4 is 66.0 Å². The Morgan fingerprint density at radius 1 is 0.864 bits per heavy atom. The Morgan fingerprint density at radius 2 is 1.48 bits per heavy atom. The Balaban J connectivity index is 1.80. The first-order valence-electron chi connectivity index (χ1n) is 14.3. The molecule has 0 unspecified atom stereocenters. The van der Waals surface area contributed by atoms with Gasteiger partial charge in [0.05, 0.1) is 10.6 Å². The number of benzene rings is 4. The normalized spacial score (nSPS) is 12.6. The molecule has 2 amide bonds. The summed E-state index contributed by atoms with van der Waals surface area (Å²) in [5, 5.41) is 3.05. The van der Waals surface area contributed by atoms with E-state index in [0.717, 1.165) is 29.9 Å². The maximum Gasteiger partial charge on any atom is 0.264 e. The van der Waals surface area contributed by atoms with Crippen molar-refractivity contribution in [1.82, 2.24) is 10.2 Å². The molecule has 0 heterocycles. The van der Waals surface area contributed by atoms with Gasteiger partial charge in [-0.2, -0.15) is 0 Å². The van der Waals surface area contributed by atoms with Crippen molar-refractivity contribution in [3.05, 3.63) is 128 Å². The number of halogens is 2. The lowest BCUT2D eigenvalue weighted by Crippen LogP contribution is -2.54. The van der Waals surface area contributed by atoms with Crippen LogP contribution in [0.4, 0.5) is 5.69 Å². The van der Waals surface area contributed by atoms with Crippen molar-refractivity contribution in [1.29, 1.82) is 0 Å². The van der Waals surface area contributed by atoms with E-state index in [1.165, 1.54) is 17.0 Å². The van der Waals surface area contributed by atoms with Crippen LogP contribution in [0.25, 0.3) is 0 Å². The summed E-state index contributed by atoms with van der Waals surface area (Å²) in [6.45, 7) is 3.52. The van der Waals surface area contributed by atoms with Gasteiger partial charge >= 0.3 is 0 Å². The first-order chi connectivity index (χ1) is 21.1. The lowest BCUT2D eigenvalue weighted by Gasteiger charge is -2.34. The molecular formula is C34H35BrIN3O4S. The van der Waals surface area contributed by atoms with Crippen molar-refractivity contribution in [2.24, 2.45) is 0 Å². The second-order valence-electron chi connectivity index (χ2n) is 10.5. The van der Waals surface area contributed by atoms with Gasteiger partial charge in [0, 0.05) is 27.1 Å². The number of amides is 2. The minimum Gasteiger partial charge on any atom is -0.352 e. The molecule has 0 spiro atoms. The Hall–Kier alpha value is -3.22. The van der Waals surface area contributed by atoms with E-state index in [9.17, 15) is 18.0 Å². The molecule has 0 radical (unpaired) electrons. The summed E-state index contributed by atoms with van der Waals surface area (Å²) in [4.78, 5) is 29.9. The number of anilines is 1. The van der Waals surface area contributed by atoms with Crippen molar-refractivity contribution in [2.45, 2.75) is 50.2 Å². The lowest BCUT2D eigenvalue weighted by molar-refractivity contribution is -0.140. The van der Waals surface area contributed by atoms with Gasteiger partial charge < -0.3 is 10.2 Å². The van der Waals surface area contributed by atoms with Crippen LogP contribution in [0, 0.1) is 3.57 Å². The van der Waals surface area contributed by atoms with Crippen molar-refractivity contribution in [3.63, 3.8) is 0 Å². The molecule has 10 heteroatoms. The Morgan fingerprint density at radius 3 is 2.09 bits per heavy atom. The minimum atomic E-state index is -4.13. The molecule has 0 saturated carbocycles. The van der Waals surface area contributed by atoms with Crippen LogP contribution in [0.5, 0.6) is 0 Å². The SMILES string of the molecule is CC[C@H](C)NC(=O)[C@H](Cc1ccccc1)N(Cc1cccc(Br)c1)C(=O)CN(c1ccc(I)cc1)S(=O)(=O)c1ccccc1. The zero-order valence-electron chi connectivity index (χ0n) is 24.6. The van der Waals surface area contributed by atoms with E-state index < -0.39 is 28.5 Å². The van der Waals surface area contributed by atoms with Gasteiger partial charge in [-0.3, -0.25) is 13.9 Å². The maximum atomic E-state index is 14.5. The van der Waals surface area contributed by atoms with Crippen LogP contribution in [0.3, 0.4) is 0 Å². The molecule has 4 aromatic carbocycles. The highest BCUT2D eigenvalue weighted by atomic mass is 127. The smallest absolute Gasteiger partial charge is 0.264 e. The van der Waals surface area contributed by atoms with Crippen LogP contribution in [-0.2, 0) is 32.6 Å². The molecule has 44 heavy (non-hydrogen) atoms. The van der Waals surface area contributed by atoms with E-state index >= 15 is 0 Å². The molecule has 1 N–H and O–H groups in total. The third kappa shape index (κ3) is 8.92. The predicted octanol–water partition coefficient (Wildman–Crippen LogP) is 6.80. The van der Waals surface area contributed by atoms with Crippen LogP contribution >= 0.6 is 38.5 Å². The van der Waals surface area contributed by atoms with E-state index in [0.29, 0.717) is 5.69 Å². The second kappa shape index (κ2) is 15.7. The predicted molar refractivity (Wildman–Crippen MR) is 187 cm³/mol. The Labute approximate surface area is 282 Å². The summed E-state index contributed by atoms with van der Waals surface area (Å²) >= 11 is 5.66. The van der Waals surface area contributed by atoms with Gasteiger partial charge in [-0.1, -0.05) is 83.5 Å². The summed E-state index contributed by atoms with van der Waals surface area (Å²) in [5.74, 6) is -0.790. The molecule has 4 rings (SSSR count). The van der Waals surface area contributed by atoms with Crippen molar-refractivity contribution < 1.29 is 18.0 Å². The summed E-state index contributed by atoms with van der Waals surface area (Å²) in [6, 6.07) is 31.1. The van der Waals surface area contributed by atoms with Crippen LogP contribution in [0.15, 0.2) is 119 Å². The van der Waals surface area contributed by atoms with Crippen LogP contribution < -0.4 is 9.62 Å². The molecule has 0 bridgehead atoms. The molecule has 2 atom stereocenters. The zero-order valence-corrected chi connectivity index (χ0v) is 29.1. The number of rotatable bonds is 13. The highest BCUT2D eigenvalue weighted by Crippen LogP contribution is 2.26. The largest absolute Gasteiger partial charge is 0.352 e. The van der Waals surface area contributed by atoms with E-state index in [2.05, 4.69) is 43.8 Å². The molecule has 4 aromatic rings. The summed E-state index contributed by atoms with van der Waals surface area (Å²) in [5.41, 5.74) is 2.04. The van der Waals surface area contributed by atoms with Gasteiger partial charge in [0.25, 0.3) is 10.0 Å². The first kappa shape index (κ1) is 33.7. The van der Waals surface area contributed by atoms with Gasteiger partial charge in [-0.05, 0) is 95.6 Å². The summed E-state index contributed by atoms with van der Waals surface area (Å²) in [7, 11) is -4.13. The topological polar surface area (TPSA) is 86.8 Å². The number of carbonyl (C=O) groups excluding carboxylic acids is 2. The molecule has 7 nitrogen and oxygen atoms in total. The molecule has 0 saturated heterocycles. The van der Waals surface area contributed by atoms with E-state index in [1.807, 2.05) is 68.4 Å². The van der Waals surface area contributed by atoms with Gasteiger partial charge in [0.2, 0.25) is 11.8 Å². The molecule has 230 valence electrons. The highest BCUT2D eigenvalue weighted by molar-refractivity contribution is 14.1. The highest BCUT2D eigenvalue weighted by Gasteiger charge is 2.35. The number of nitrogens with zero attached hydrogens (tertiary/aromatic N) is 2. The van der Waals surface area contributed by atoms with Crippen LogP contribution in [0.2, 0.25) is 0 Å². The van der Waals surface area contributed by atoms with Crippen molar-refractivity contribution in [2.75, 3.05) is 10.8 Å². The number of hydrogen-bond donors (Lipinski definition) is 1. The monoisotopic (exact) mass is 787 g/mol. The number of hydrogen-bond acceptors (Lipinski definition) is 4. The van der Waals surface area contributed by atoms with Gasteiger partial charge in [-0.15, -0.1) is 0 Å². The average molecular weight is 789 g/mol. The number of carbonyl (C=O) groups is 2. The molecule has 0 aliphatic carbocycles. The molecular weight excluding hydrogens is 753 g/mol.